The van der Waals surface area contributed by atoms with Crippen LogP contribution < -0.4 is 0 Å². The van der Waals surface area contributed by atoms with Gasteiger partial charge in [0.1, 0.15) is 10.7 Å². The number of ether oxygens (including phenoxy) is 1. The Hall–Kier alpha value is -0.460. The quantitative estimate of drug-likeness (QED) is 0.547. The van der Waals surface area contributed by atoms with Crippen molar-refractivity contribution < 1.29 is 13.9 Å². The summed E-state index contributed by atoms with van der Waals surface area (Å²) in [5, 5.41) is 1.21. The van der Waals surface area contributed by atoms with Crippen LogP contribution in [0.2, 0.25) is 0 Å². The van der Waals surface area contributed by atoms with Crippen molar-refractivity contribution in [2.45, 2.75) is 12.3 Å². The molecule has 0 fully saturated rings. The van der Waals surface area contributed by atoms with Crippen LogP contribution in [0.1, 0.15) is 22.2 Å². The molecule has 0 radical (unpaired) electrons. The first-order valence-corrected chi connectivity index (χ1v) is 7.95. The number of benzene rings is 1. The second-order valence-corrected chi connectivity index (χ2v) is 5.93. The molecule has 0 amide bonds. The number of hydrogen-bond donors (Lipinski definition) is 0. The molecule has 18 heavy (non-hydrogen) atoms. The van der Waals surface area contributed by atoms with Crippen molar-refractivity contribution in [1.82, 2.24) is 0 Å². The molecule has 0 spiro atoms. The van der Waals surface area contributed by atoms with Gasteiger partial charge < -0.3 is 4.74 Å². The Bertz CT molecular complexity index is 610. The first-order chi connectivity index (χ1) is 8.60. The van der Waals surface area contributed by atoms with Gasteiger partial charge in [-0.2, -0.15) is 0 Å². The second kappa shape index (κ2) is 5.67. The molecular formula is C12H9Br2FO2S. The third-order valence-electron chi connectivity index (χ3n) is 2.43. The summed E-state index contributed by atoms with van der Waals surface area (Å²) in [5.74, 6) is -0.726. The molecule has 0 aliphatic heterocycles. The Kier molecular flexibility index (Phi) is 4.40. The summed E-state index contributed by atoms with van der Waals surface area (Å²) >= 11 is 7.86. The number of rotatable bonds is 3. The van der Waals surface area contributed by atoms with Gasteiger partial charge >= 0.3 is 5.97 Å². The molecule has 0 bridgehead atoms. The van der Waals surface area contributed by atoms with Crippen LogP contribution in [0.5, 0.6) is 0 Å². The summed E-state index contributed by atoms with van der Waals surface area (Å²) in [6, 6.07) is 3.03. The average molecular weight is 396 g/mol. The number of esters is 1. The van der Waals surface area contributed by atoms with E-state index in [1.807, 2.05) is 0 Å². The number of hydrogen-bond acceptors (Lipinski definition) is 3. The smallest absolute Gasteiger partial charge is 0.348 e. The van der Waals surface area contributed by atoms with E-state index in [0.717, 1.165) is 26.8 Å². The topological polar surface area (TPSA) is 26.3 Å². The predicted molar refractivity (Wildman–Crippen MR) is 78.1 cm³/mol. The molecule has 0 saturated heterocycles. The molecule has 1 aromatic heterocycles. The maximum atomic E-state index is 13.8. The fourth-order valence-electron chi connectivity index (χ4n) is 1.68. The van der Waals surface area contributed by atoms with Gasteiger partial charge in [-0.05, 0) is 24.6 Å². The van der Waals surface area contributed by atoms with Crippen LogP contribution >= 0.6 is 43.2 Å². The van der Waals surface area contributed by atoms with Crippen molar-refractivity contribution >= 4 is 59.3 Å². The Morgan fingerprint density at radius 2 is 2.22 bits per heavy atom. The van der Waals surface area contributed by atoms with Crippen LogP contribution in [0, 0.1) is 5.82 Å². The summed E-state index contributed by atoms with van der Waals surface area (Å²) in [7, 11) is 0. The summed E-state index contributed by atoms with van der Waals surface area (Å²) in [5.41, 5.74) is 0.764. The lowest BCUT2D eigenvalue weighted by Gasteiger charge is -2.02. The lowest BCUT2D eigenvalue weighted by molar-refractivity contribution is 0.0531. The lowest BCUT2D eigenvalue weighted by Crippen LogP contribution is -2.04. The van der Waals surface area contributed by atoms with Crippen molar-refractivity contribution in [3.8, 4) is 0 Å². The highest BCUT2D eigenvalue weighted by molar-refractivity contribution is 9.10. The molecule has 0 saturated carbocycles. The minimum absolute atomic E-state index is 0.304. The number of carbonyl (C=O) groups excluding carboxylic acids is 1. The standard InChI is InChI=1S/C12H9Br2FO2S/c1-2-17-12(16)10-6(5-13)9-7(14)3-4-8(15)11(9)18-10/h3-4H,2,5H2,1H3. The predicted octanol–water partition coefficient (Wildman–Crippen LogP) is 4.87. The summed E-state index contributed by atoms with van der Waals surface area (Å²) in [6.45, 7) is 2.05. The van der Waals surface area contributed by atoms with Gasteiger partial charge in [0, 0.05) is 15.2 Å². The largest absolute Gasteiger partial charge is 0.462 e. The molecule has 0 aliphatic carbocycles. The second-order valence-electron chi connectivity index (χ2n) is 3.50. The van der Waals surface area contributed by atoms with Crippen molar-refractivity contribution in [1.29, 1.82) is 0 Å². The molecule has 1 aromatic carbocycles. The van der Waals surface area contributed by atoms with Gasteiger partial charge in [-0.1, -0.05) is 31.9 Å². The highest BCUT2D eigenvalue weighted by Gasteiger charge is 2.22. The van der Waals surface area contributed by atoms with Gasteiger partial charge in [-0.3, -0.25) is 0 Å². The van der Waals surface area contributed by atoms with Gasteiger partial charge in [0.25, 0.3) is 0 Å². The minimum Gasteiger partial charge on any atom is -0.462 e. The van der Waals surface area contributed by atoms with E-state index in [0.29, 0.717) is 21.5 Å². The third-order valence-corrected chi connectivity index (χ3v) is 4.88. The zero-order valence-corrected chi connectivity index (χ0v) is 13.4. The normalized spacial score (nSPS) is 10.9. The molecule has 6 heteroatoms. The Balaban J connectivity index is 2.72. The number of thiophene rings is 1. The zero-order chi connectivity index (χ0) is 13.3. The Morgan fingerprint density at radius 3 is 2.83 bits per heavy atom. The van der Waals surface area contributed by atoms with Gasteiger partial charge in [-0.15, -0.1) is 11.3 Å². The van der Waals surface area contributed by atoms with E-state index in [1.165, 1.54) is 6.07 Å². The summed E-state index contributed by atoms with van der Waals surface area (Å²) in [6.07, 6.45) is 0. The van der Waals surface area contributed by atoms with Crippen molar-refractivity contribution in [3.63, 3.8) is 0 Å². The minimum atomic E-state index is -0.403. The van der Waals surface area contributed by atoms with E-state index in [-0.39, 0.29) is 5.82 Å². The monoisotopic (exact) mass is 394 g/mol. The maximum Gasteiger partial charge on any atom is 0.348 e. The lowest BCUT2D eigenvalue weighted by atomic mass is 10.1. The van der Waals surface area contributed by atoms with Crippen LogP contribution in [0.25, 0.3) is 10.1 Å². The number of fused-ring (bicyclic) bond motifs is 1. The molecule has 96 valence electrons. The number of carbonyl (C=O) groups is 1. The molecule has 2 aromatic rings. The zero-order valence-electron chi connectivity index (χ0n) is 9.43. The molecule has 2 nitrogen and oxygen atoms in total. The summed E-state index contributed by atoms with van der Waals surface area (Å²) < 4.78 is 20.0. The van der Waals surface area contributed by atoms with Crippen LogP contribution in [-0.2, 0) is 10.1 Å². The first-order valence-electron chi connectivity index (χ1n) is 5.22. The van der Waals surface area contributed by atoms with Crippen molar-refractivity contribution in [2.24, 2.45) is 0 Å². The highest BCUT2D eigenvalue weighted by Crippen LogP contribution is 2.39. The van der Waals surface area contributed by atoms with Crippen LogP contribution in [0.3, 0.4) is 0 Å². The van der Waals surface area contributed by atoms with E-state index in [9.17, 15) is 9.18 Å². The van der Waals surface area contributed by atoms with Gasteiger partial charge in [0.05, 0.1) is 11.3 Å². The van der Waals surface area contributed by atoms with Crippen LogP contribution in [-0.4, -0.2) is 12.6 Å². The molecule has 0 unspecified atom stereocenters. The molecular weight excluding hydrogens is 387 g/mol. The molecule has 0 aliphatic rings. The van der Waals surface area contributed by atoms with Crippen molar-refractivity contribution in [3.05, 3.63) is 32.9 Å². The van der Waals surface area contributed by atoms with Gasteiger partial charge in [0.2, 0.25) is 0 Å². The van der Waals surface area contributed by atoms with Gasteiger partial charge in [0.15, 0.2) is 0 Å². The average Bonchev–Trinajstić information content (AvgIpc) is 2.74. The molecule has 1 heterocycles. The van der Waals surface area contributed by atoms with Crippen LogP contribution in [0.4, 0.5) is 4.39 Å². The van der Waals surface area contributed by atoms with Crippen LogP contribution in [0.15, 0.2) is 16.6 Å². The molecule has 0 atom stereocenters. The number of halogens is 3. The van der Waals surface area contributed by atoms with E-state index in [1.54, 1.807) is 13.0 Å². The summed E-state index contributed by atoms with van der Waals surface area (Å²) in [4.78, 5) is 12.3. The van der Waals surface area contributed by atoms with E-state index >= 15 is 0 Å². The Morgan fingerprint density at radius 1 is 1.50 bits per heavy atom. The maximum absolute atomic E-state index is 13.8. The van der Waals surface area contributed by atoms with E-state index in [2.05, 4.69) is 31.9 Å². The number of alkyl halides is 1. The molecule has 0 N–H and O–H groups in total. The third kappa shape index (κ3) is 2.33. The highest BCUT2D eigenvalue weighted by atomic mass is 79.9. The van der Waals surface area contributed by atoms with E-state index < -0.39 is 5.97 Å². The van der Waals surface area contributed by atoms with E-state index in [4.69, 9.17) is 4.74 Å². The fourth-order valence-corrected chi connectivity index (χ4v) is 4.27. The molecule has 2 rings (SSSR count). The fraction of sp³-hybridized carbons (Fsp3) is 0.250. The Labute approximate surface area is 124 Å². The SMILES string of the molecule is CCOC(=O)c1sc2c(F)ccc(Br)c2c1CBr. The first kappa shape index (κ1) is 14.0. The van der Waals surface area contributed by atoms with Crippen molar-refractivity contribution in [2.75, 3.05) is 6.61 Å². The van der Waals surface area contributed by atoms with Gasteiger partial charge in [-0.25, -0.2) is 9.18 Å².